The topological polar surface area (TPSA) is 56.7 Å². The number of anilines is 1. The van der Waals surface area contributed by atoms with E-state index in [4.69, 9.17) is 28.9 Å². The number of hydrogen-bond donors (Lipinski definition) is 1. The van der Waals surface area contributed by atoms with E-state index in [1.165, 1.54) is 0 Å². The zero-order valence-electron chi connectivity index (χ0n) is 10.1. The van der Waals surface area contributed by atoms with Gasteiger partial charge in [-0.25, -0.2) is 4.98 Å². The van der Waals surface area contributed by atoms with Crippen molar-refractivity contribution in [1.29, 1.82) is 0 Å². The molecule has 2 heterocycles. The van der Waals surface area contributed by atoms with Gasteiger partial charge >= 0.3 is 0 Å². The number of pyridine rings is 1. The normalized spacial score (nSPS) is 11.1. The maximum Gasteiger partial charge on any atom is 0.129 e. The number of nitrogens with zero attached hydrogens (tertiary/aromatic N) is 3. The molecule has 0 saturated heterocycles. The van der Waals surface area contributed by atoms with Crippen molar-refractivity contribution in [2.24, 2.45) is 7.05 Å². The van der Waals surface area contributed by atoms with Crippen LogP contribution in [0.5, 0.6) is 0 Å². The summed E-state index contributed by atoms with van der Waals surface area (Å²) < 4.78 is 1.61. The number of aromatic nitrogens is 3. The Hall–Kier alpha value is -1.78. The molecule has 0 fully saturated rings. The van der Waals surface area contributed by atoms with Crippen molar-refractivity contribution in [3.8, 4) is 11.3 Å². The van der Waals surface area contributed by atoms with E-state index in [2.05, 4.69) is 10.1 Å². The molecule has 0 amide bonds. The lowest BCUT2D eigenvalue weighted by atomic mass is 10.1. The van der Waals surface area contributed by atoms with Crippen LogP contribution in [0.2, 0.25) is 10.2 Å². The number of fused-ring (bicyclic) bond motifs is 1. The monoisotopic (exact) mass is 292 g/mol. The predicted octanol–water partition coefficient (Wildman–Crippen LogP) is 3.52. The first-order valence-electron chi connectivity index (χ1n) is 5.61. The maximum absolute atomic E-state index is 6.42. The van der Waals surface area contributed by atoms with Gasteiger partial charge in [0, 0.05) is 24.1 Å². The third kappa shape index (κ3) is 2.03. The van der Waals surface area contributed by atoms with Crippen molar-refractivity contribution < 1.29 is 0 Å². The number of nitrogen functional groups attached to an aromatic ring is 1. The molecule has 0 saturated carbocycles. The van der Waals surface area contributed by atoms with Gasteiger partial charge in [-0.2, -0.15) is 5.10 Å². The maximum atomic E-state index is 6.42. The summed E-state index contributed by atoms with van der Waals surface area (Å²) in [5.74, 6) is 0.584. The van der Waals surface area contributed by atoms with Crippen molar-refractivity contribution in [3.63, 3.8) is 0 Å². The van der Waals surface area contributed by atoms with Crippen LogP contribution in [0.3, 0.4) is 0 Å². The molecule has 0 aliphatic rings. The zero-order valence-corrected chi connectivity index (χ0v) is 11.6. The third-order valence-electron chi connectivity index (χ3n) is 2.96. The van der Waals surface area contributed by atoms with Crippen LogP contribution in [0.4, 0.5) is 5.82 Å². The molecule has 0 atom stereocenters. The van der Waals surface area contributed by atoms with Gasteiger partial charge in [0.1, 0.15) is 11.0 Å². The Morgan fingerprint density at radius 3 is 2.63 bits per heavy atom. The zero-order chi connectivity index (χ0) is 13.6. The Kier molecular flexibility index (Phi) is 2.84. The fourth-order valence-electron chi connectivity index (χ4n) is 1.95. The van der Waals surface area contributed by atoms with Gasteiger partial charge < -0.3 is 5.73 Å². The Morgan fingerprint density at radius 2 is 1.95 bits per heavy atom. The first-order valence-corrected chi connectivity index (χ1v) is 6.36. The summed E-state index contributed by atoms with van der Waals surface area (Å²) in [5, 5.41) is 6.21. The van der Waals surface area contributed by atoms with Gasteiger partial charge in [-0.05, 0) is 24.3 Å². The van der Waals surface area contributed by atoms with E-state index in [-0.39, 0.29) is 0 Å². The SMILES string of the molecule is Cn1nc(-c2ccc3nc(Cl)ccc3c2Cl)cc1N. The Labute approximate surface area is 119 Å². The molecule has 0 unspecified atom stereocenters. The molecule has 0 radical (unpaired) electrons. The smallest absolute Gasteiger partial charge is 0.129 e. The predicted molar refractivity (Wildman–Crippen MR) is 78.4 cm³/mol. The number of nitrogens with two attached hydrogens (primary N) is 1. The molecular weight excluding hydrogens is 283 g/mol. The first kappa shape index (κ1) is 12.3. The Morgan fingerprint density at radius 1 is 1.16 bits per heavy atom. The van der Waals surface area contributed by atoms with Crippen LogP contribution in [0, 0.1) is 0 Å². The molecule has 2 N–H and O–H groups in total. The van der Waals surface area contributed by atoms with E-state index in [1.807, 2.05) is 18.2 Å². The first-order chi connectivity index (χ1) is 9.06. The van der Waals surface area contributed by atoms with Gasteiger partial charge in [-0.1, -0.05) is 23.2 Å². The minimum atomic E-state index is 0.443. The summed E-state index contributed by atoms with van der Waals surface area (Å²) in [7, 11) is 1.79. The molecular formula is C13H10Cl2N4. The third-order valence-corrected chi connectivity index (χ3v) is 3.58. The lowest BCUT2D eigenvalue weighted by Gasteiger charge is -2.05. The summed E-state index contributed by atoms with van der Waals surface area (Å²) in [4.78, 5) is 4.22. The van der Waals surface area contributed by atoms with E-state index < -0.39 is 0 Å². The van der Waals surface area contributed by atoms with Crippen LogP contribution < -0.4 is 5.73 Å². The summed E-state index contributed by atoms with van der Waals surface area (Å²) in [5.41, 5.74) is 8.11. The molecule has 4 nitrogen and oxygen atoms in total. The van der Waals surface area contributed by atoms with E-state index in [0.717, 1.165) is 22.2 Å². The average Bonchev–Trinajstić information content (AvgIpc) is 2.69. The van der Waals surface area contributed by atoms with Crippen LogP contribution in [-0.4, -0.2) is 14.8 Å². The van der Waals surface area contributed by atoms with Crippen molar-refractivity contribution in [3.05, 3.63) is 40.5 Å². The molecule has 0 aliphatic carbocycles. The van der Waals surface area contributed by atoms with Crippen molar-refractivity contribution >= 4 is 39.9 Å². The Balaban J connectivity index is 2.25. The second-order valence-corrected chi connectivity index (χ2v) is 4.97. The fourth-order valence-corrected chi connectivity index (χ4v) is 2.43. The fraction of sp³-hybridized carbons (Fsp3) is 0.0769. The second kappa shape index (κ2) is 4.40. The van der Waals surface area contributed by atoms with Crippen LogP contribution in [0.1, 0.15) is 0 Å². The average molecular weight is 293 g/mol. The van der Waals surface area contributed by atoms with Crippen molar-refractivity contribution in [2.45, 2.75) is 0 Å². The lowest BCUT2D eigenvalue weighted by molar-refractivity contribution is 0.782. The highest BCUT2D eigenvalue weighted by molar-refractivity contribution is 6.38. The second-order valence-electron chi connectivity index (χ2n) is 4.21. The molecule has 1 aromatic carbocycles. The highest BCUT2D eigenvalue weighted by Crippen LogP contribution is 2.34. The van der Waals surface area contributed by atoms with Gasteiger partial charge in [0.05, 0.1) is 16.2 Å². The lowest BCUT2D eigenvalue weighted by Crippen LogP contribution is -1.96. The number of halogens is 2. The summed E-state index contributed by atoms with van der Waals surface area (Å²) >= 11 is 12.3. The minimum Gasteiger partial charge on any atom is -0.384 e. The minimum absolute atomic E-state index is 0.443. The largest absolute Gasteiger partial charge is 0.384 e. The number of hydrogen-bond acceptors (Lipinski definition) is 3. The molecule has 0 bridgehead atoms. The molecule has 0 aliphatic heterocycles. The molecule has 3 aromatic rings. The van der Waals surface area contributed by atoms with Crippen molar-refractivity contribution in [2.75, 3.05) is 5.73 Å². The molecule has 2 aromatic heterocycles. The van der Waals surface area contributed by atoms with E-state index in [1.54, 1.807) is 23.9 Å². The highest BCUT2D eigenvalue weighted by Gasteiger charge is 2.12. The van der Waals surface area contributed by atoms with E-state index in [9.17, 15) is 0 Å². The van der Waals surface area contributed by atoms with Gasteiger partial charge in [0.15, 0.2) is 0 Å². The van der Waals surface area contributed by atoms with Gasteiger partial charge in [0.2, 0.25) is 0 Å². The summed E-state index contributed by atoms with van der Waals surface area (Å²) in [6.07, 6.45) is 0. The molecule has 96 valence electrons. The van der Waals surface area contributed by atoms with Gasteiger partial charge in [-0.15, -0.1) is 0 Å². The number of aryl methyl sites for hydroxylation is 1. The number of benzene rings is 1. The standard InChI is InChI=1S/C13H10Cl2N4/c1-19-12(16)6-10(18-19)8-2-4-9-7(13(8)15)3-5-11(14)17-9/h2-6H,16H2,1H3. The van der Waals surface area contributed by atoms with Gasteiger partial charge in [0.25, 0.3) is 0 Å². The van der Waals surface area contributed by atoms with Gasteiger partial charge in [-0.3, -0.25) is 4.68 Å². The molecule has 6 heteroatoms. The molecule has 3 rings (SSSR count). The highest BCUT2D eigenvalue weighted by atomic mass is 35.5. The molecule has 19 heavy (non-hydrogen) atoms. The van der Waals surface area contributed by atoms with Crippen LogP contribution in [0.15, 0.2) is 30.3 Å². The summed E-state index contributed by atoms with van der Waals surface area (Å²) in [6.45, 7) is 0. The Bertz CT molecular complexity index is 760. The number of rotatable bonds is 1. The van der Waals surface area contributed by atoms with Crippen molar-refractivity contribution in [1.82, 2.24) is 14.8 Å². The van der Waals surface area contributed by atoms with Crippen LogP contribution >= 0.6 is 23.2 Å². The van der Waals surface area contributed by atoms with E-state index >= 15 is 0 Å². The van der Waals surface area contributed by atoms with Crippen LogP contribution in [-0.2, 0) is 7.05 Å². The van der Waals surface area contributed by atoms with E-state index in [0.29, 0.717) is 16.0 Å². The summed E-state index contributed by atoms with van der Waals surface area (Å²) in [6, 6.07) is 9.09. The van der Waals surface area contributed by atoms with Crippen LogP contribution in [0.25, 0.3) is 22.2 Å². The molecule has 0 spiro atoms. The quantitative estimate of drug-likeness (QED) is 0.698.